The van der Waals surface area contributed by atoms with Gasteiger partial charge in [-0.25, -0.2) is 0 Å². The summed E-state index contributed by atoms with van der Waals surface area (Å²) in [5.41, 5.74) is 6.33. The number of nitrogen functional groups attached to an aromatic ring is 1. The Balaban J connectivity index is 1.99. The van der Waals surface area contributed by atoms with E-state index in [1.54, 1.807) is 6.92 Å². The lowest BCUT2D eigenvalue weighted by Gasteiger charge is -2.14. The maximum Gasteiger partial charge on any atom is 0.272 e. The van der Waals surface area contributed by atoms with Crippen molar-refractivity contribution in [3.05, 3.63) is 11.9 Å². The summed E-state index contributed by atoms with van der Waals surface area (Å²) in [4.78, 5) is 23.8. The molecule has 0 saturated heterocycles. The van der Waals surface area contributed by atoms with Gasteiger partial charge in [-0.05, 0) is 26.7 Å². The van der Waals surface area contributed by atoms with E-state index in [2.05, 4.69) is 15.7 Å². The topological polar surface area (TPSA) is 102 Å². The summed E-state index contributed by atoms with van der Waals surface area (Å²) < 4.78 is 1.51. The standard InChI is InChI=1S/C12H19N5O2/c1-3-17-10(9(13)6-14-17)12(19)15-7(2)11(18)16-8-4-5-8/h6-8H,3-5,13H2,1-2H3,(H,15,19)(H,16,18). The number of nitrogens with one attached hydrogen (secondary N) is 2. The number of nitrogens with two attached hydrogens (primary N) is 1. The number of anilines is 1. The van der Waals surface area contributed by atoms with Crippen LogP contribution < -0.4 is 16.4 Å². The first-order valence-corrected chi connectivity index (χ1v) is 6.45. The van der Waals surface area contributed by atoms with E-state index >= 15 is 0 Å². The molecule has 1 aromatic rings. The lowest BCUT2D eigenvalue weighted by atomic mass is 10.2. The fourth-order valence-corrected chi connectivity index (χ4v) is 1.77. The molecule has 1 saturated carbocycles. The molecule has 4 N–H and O–H groups in total. The molecule has 0 radical (unpaired) electrons. The predicted molar refractivity (Wildman–Crippen MR) is 70.4 cm³/mol. The summed E-state index contributed by atoms with van der Waals surface area (Å²) >= 11 is 0. The minimum Gasteiger partial charge on any atom is -0.396 e. The van der Waals surface area contributed by atoms with Crippen LogP contribution in [0.4, 0.5) is 5.69 Å². The average molecular weight is 265 g/mol. The van der Waals surface area contributed by atoms with Crippen LogP contribution in [0.3, 0.4) is 0 Å². The van der Waals surface area contributed by atoms with E-state index in [-0.39, 0.29) is 17.9 Å². The van der Waals surface area contributed by atoms with Gasteiger partial charge in [0.05, 0.1) is 11.9 Å². The Labute approximate surface area is 111 Å². The van der Waals surface area contributed by atoms with Crippen LogP contribution in [0.2, 0.25) is 0 Å². The molecule has 1 unspecified atom stereocenters. The van der Waals surface area contributed by atoms with Gasteiger partial charge in [-0.2, -0.15) is 5.10 Å². The molecular formula is C12H19N5O2. The molecular weight excluding hydrogens is 246 g/mol. The van der Waals surface area contributed by atoms with Crippen LogP contribution in [0.5, 0.6) is 0 Å². The molecule has 1 aliphatic carbocycles. The van der Waals surface area contributed by atoms with Crippen molar-refractivity contribution in [2.24, 2.45) is 0 Å². The third-order valence-corrected chi connectivity index (χ3v) is 3.05. The van der Waals surface area contributed by atoms with E-state index in [4.69, 9.17) is 5.73 Å². The summed E-state index contributed by atoms with van der Waals surface area (Å²) in [6.45, 7) is 4.06. The molecule has 104 valence electrons. The van der Waals surface area contributed by atoms with Gasteiger partial charge in [0.2, 0.25) is 5.91 Å². The Morgan fingerprint density at radius 1 is 1.58 bits per heavy atom. The van der Waals surface area contributed by atoms with Crippen molar-refractivity contribution in [3.63, 3.8) is 0 Å². The number of carbonyl (C=O) groups excluding carboxylic acids is 2. The van der Waals surface area contributed by atoms with Gasteiger partial charge in [-0.3, -0.25) is 14.3 Å². The number of hydrogen-bond donors (Lipinski definition) is 3. The number of nitrogens with zero attached hydrogens (tertiary/aromatic N) is 2. The molecule has 2 rings (SSSR count). The second-order valence-electron chi connectivity index (χ2n) is 4.74. The van der Waals surface area contributed by atoms with E-state index in [1.807, 2.05) is 6.92 Å². The van der Waals surface area contributed by atoms with E-state index in [1.165, 1.54) is 10.9 Å². The van der Waals surface area contributed by atoms with Crippen molar-refractivity contribution >= 4 is 17.5 Å². The number of rotatable bonds is 5. The van der Waals surface area contributed by atoms with Gasteiger partial charge in [0.1, 0.15) is 11.7 Å². The second kappa shape index (κ2) is 5.29. The molecule has 7 nitrogen and oxygen atoms in total. The van der Waals surface area contributed by atoms with Gasteiger partial charge in [-0.1, -0.05) is 0 Å². The minimum atomic E-state index is -0.590. The Hall–Kier alpha value is -2.05. The molecule has 1 fully saturated rings. The van der Waals surface area contributed by atoms with Gasteiger partial charge >= 0.3 is 0 Å². The van der Waals surface area contributed by atoms with Gasteiger partial charge in [0, 0.05) is 12.6 Å². The number of amides is 2. The van der Waals surface area contributed by atoms with Gasteiger partial charge in [-0.15, -0.1) is 0 Å². The molecule has 0 bridgehead atoms. The second-order valence-corrected chi connectivity index (χ2v) is 4.74. The molecule has 0 aliphatic heterocycles. The maximum atomic E-state index is 12.1. The molecule has 19 heavy (non-hydrogen) atoms. The normalized spacial score (nSPS) is 15.9. The van der Waals surface area contributed by atoms with Gasteiger partial charge in [0.25, 0.3) is 5.91 Å². The molecule has 1 aromatic heterocycles. The first-order chi connectivity index (χ1) is 9.02. The first kappa shape index (κ1) is 13.4. The maximum absolute atomic E-state index is 12.1. The monoisotopic (exact) mass is 265 g/mol. The number of hydrogen-bond acceptors (Lipinski definition) is 4. The zero-order valence-corrected chi connectivity index (χ0v) is 11.1. The summed E-state index contributed by atoms with van der Waals surface area (Å²) in [7, 11) is 0. The van der Waals surface area contributed by atoms with Crippen molar-refractivity contribution in [1.82, 2.24) is 20.4 Å². The summed E-state index contributed by atoms with van der Waals surface area (Å²) in [5.74, 6) is -0.549. The van der Waals surface area contributed by atoms with Crippen LogP contribution in [0.25, 0.3) is 0 Å². The number of aryl methyl sites for hydroxylation is 1. The number of carbonyl (C=O) groups is 2. The highest BCUT2D eigenvalue weighted by Gasteiger charge is 2.27. The predicted octanol–water partition coefficient (Wildman–Crippen LogP) is -0.118. The molecule has 0 aromatic carbocycles. The Kier molecular flexibility index (Phi) is 3.73. The van der Waals surface area contributed by atoms with Crippen LogP contribution in [0.15, 0.2) is 6.20 Å². The molecule has 1 heterocycles. The van der Waals surface area contributed by atoms with E-state index in [0.717, 1.165) is 12.8 Å². The SMILES string of the molecule is CCn1ncc(N)c1C(=O)NC(C)C(=O)NC1CC1. The lowest BCUT2D eigenvalue weighted by Crippen LogP contribution is -2.46. The zero-order valence-electron chi connectivity index (χ0n) is 11.1. The minimum absolute atomic E-state index is 0.169. The van der Waals surface area contributed by atoms with Gasteiger partial charge < -0.3 is 16.4 Å². The van der Waals surface area contributed by atoms with Gasteiger partial charge in [0.15, 0.2) is 0 Å². The zero-order chi connectivity index (χ0) is 14.0. The van der Waals surface area contributed by atoms with Crippen molar-refractivity contribution in [3.8, 4) is 0 Å². The van der Waals surface area contributed by atoms with E-state index in [9.17, 15) is 9.59 Å². The molecule has 1 aliphatic rings. The quantitative estimate of drug-likeness (QED) is 0.690. The summed E-state index contributed by atoms with van der Waals surface area (Å²) in [6.07, 6.45) is 3.47. The van der Waals surface area contributed by atoms with Crippen LogP contribution in [-0.4, -0.2) is 33.7 Å². The molecule has 2 amide bonds. The van der Waals surface area contributed by atoms with Crippen molar-refractivity contribution in [2.75, 3.05) is 5.73 Å². The van der Waals surface area contributed by atoms with Crippen molar-refractivity contribution in [1.29, 1.82) is 0 Å². The molecule has 7 heteroatoms. The fraction of sp³-hybridized carbons (Fsp3) is 0.583. The van der Waals surface area contributed by atoms with Crippen LogP contribution >= 0.6 is 0 Å². The van der Waals surface area contributed by atoms with Crippen LogP contribution in [0, 0.1) is 0 Å². The lowest BCUT2D eigenvalue weighted by molar-refractivity contribution is -0.122. The highest BCUT2D eigenvalue weighted by Crippen LogP contribution is 2.18. The van der Waals surface area contributed by atoms with E-state index < -0.39 is 6.04 Å². The van der Waals surface area contributed by atoms with Crippen LogP contribution in [-0.2, 0) is 11.3 Å². The Morgan fingerprint density at radius 2 is 2.26 bits per heavy atom. The molecule has 1 atom stereocenters. The van der Waals surface area contributed by atoms with Crippen LogP contribution in [0.1, 0.15) is 37.2 Å². The van der Waals surface area contributed by atoms with Crippen molar-refractivity contribution < 1.29 is 9.59 Å². The molecule has 0 spiro atoms. The summed E-state index contributed by atoms with van der Waals surface area (Å²) in [6, 6.07) is -0.314. The third-order valence-electron chi connectivity index (χ3n) is 3.05. The Morgan fingerprint density at radius 3 is 2.84 bits per heavy atom. The average Bonchev–Trinajstić information content (AvgIpc) is 3.09. The third kappa shape index (κ3) is 3.04. The van der Waals surface area contributed by atoms with Crippen molar-refractivity contribution in [2.45, 2.75) is 45.3 Å². The fourth-order valence-electron chi connectivity index (χ4n) is 1.77. The van der Waals surface area contributed by atoms with E-state index in [0.29, 0.717) is 17.9 Å². The summed E-state index contributed by atoms with van der Waals surface area (Å²) in [5, 5.41) is 9.48. The number of aromatic nitrogens is 2. The largest absolute Gasteiger partial charge is 0.396 e. The smallest absolute Gasteiger partial charge is 0.272 e. The Bertz CT molecular complexity index is 492. The first-order valence-electron chi connectivity index (χ1n) is 6.45. The highest BCUT2D eigenvalue weighted by molar-refractivity contribution is 5.99. The highest BCUT2D eigenvalue weighted by atomic mass is 16.2.